The van der Waals surface area contributed by atoms with Gasteiger partial charge in [-0.15, -0.1) is 5.98 Å². The van der Waals surface area contributed by atoms with Crippen LogP contribution in [0.2, 0.25) is 0 Å². The zero-order valence-corrected chi connectivity index (χ0v) is 11.0. The van der Waals surface area contributed by atoms with Crippen LogP contribution in [-0.4, -0.2) is 12.1 Å². The molecule has 0 fully saturated rings. The minimum atomic E-state index is -5.07. The van der Waals surface area contributed by atoms with Gasteiger partial charge in [0.25, 0.3) is 0 Å². The monoisotopic (exact) mass is 244 g/mol. The number of phenols is 1. The minimum Gasteiger partial charge on any atom is -0.504 e. The number of hydrogen-bond acceptors (Lipinski definition) is 1. The number of para-hydroxylation sites is 1. The molecule has 0 aliphatic carbocycles. The molecule has 0 saturated heterocycles. The van der Waals surface area contributed by atoms with Crippen LogP contribution >= 0.6 is 0 Å². The molecule has 0 saturated carbocycles. The largest absolute Gasteiger partial charge is 1.00 e. The number of halogens is 4. The molecule has 0 radical (unpaired) electrons. The third-order valence-electron chi connectivity index (χ3n) is 1.51. The maximum absolute atomic E-state index is 12.6. The summed E-state index contributed by atoms with van der Waals surface area (Å²) in [6.07, 6.45) is 0.637. The average Bonchev–Trinajstić information content (AvgIpc) is 2.06. The molecule has 0 bridgehead atoms. The Morgan fingerprint density at radius 2 is 1.80 bits per heavy atom. The molecule has 0 amide bonds. The van der Waals surface area contributed by atoms with Crippen molar-refractivity contribution in [2.24, 2.45) is 0 Å². The van der Waals surface area contributed by atoms with Gasteiger partial charge in [-0.1, -0.05) is 18.2 Å². The van der Waals surface area contributed by atoms with Gasteiger partial charge in [0.05, 0.1) is 0 Å². The summed E-state index contributed by atoms with van der Waals surface area (Å²) >= 11 is 0. The van der Waals surface area contributed by atoms with Crippen LogP contribution in [0.15, 0.2) is 24.2 Å². The second kappa shape index (κ2) is 6.05. The maximum Gasteiger partial charge on any atom is 1.00 e. The molecule has 0 aliphatic heterocycles. The summed E-state index contributed by atoms with van der Waals surface area (Å²) < 4.78 is 48.0. The molecule has 1 aromatic carbocycles. The molecule has 1 aromatic rings. The van der Waals surface area contributed by atoms with Gasteiger partial charge in [0.15, 0.2) is 11.6 Å². The summed E-state index contributed by atoms with van der Waals surface area (Å²) in [5, 5.41) is 9.01. The van der Waals surface area contributed by atoms with Crippen LogP contribution in [0.25, 0.3) is 6.08 Å². The van der Waals surface area contributed by atoms with Crippen LogP contribution in [0, 0.1) is 5.82 Å². The van der Waals surface area contributed by atoms with Crippen molar-refractivity contribution in [3.05, 3.63) is 35.6 Å². The summed E-state index contributed by atoms with van der Waals surface area (Å²) in [5.41, 5.74) is -0.191. The Kier molecular flexibility index (Phi) is 6.12. The first-order valence-electron chi connectivity index (χ1n) is 3.77. The zero-order valence-electron chi connectivity index (χ0n) is 7.92. The quantitative estimate of drug-likeness (QED) is 0.570. The van der Waals surface area contributed by atoms with E-state index in [1.165, 1.54) is 12.1 Å². The third kappa shape index (κ3) is 5.17. The maximum atomic E-state index is 12.6. The topological polar surface area (TPSA) is 20.2 Å². The van der Waals surface area contributed by atoms with Crippen LogP contribution < -0.4 is 51.4 Å². The van der Waals surface area contributed by atoms with Gasteiger partial charge in [0.2, 0.25) is 0 Å². The molecule has 0 spiro atoms. The van der Waals surface area contributed by atoms with E-state index in [1.54, 1.807) is 0 Å². The molecule has 1 rings (SSSR count). The van der Waals surface area contributed by atoms with Crippen LogP contribution in [-0.2, 0) is 0 Å². The predicted molar refractivity (Wildman–Crippen MR) is 46.2 cm³/mol. The van der Waals surface area contributed by atoms with E-state index < -0.39 is 18.5 Å². The molecular formula is C8H6BF4KO. The Hall–Kier alpha value is 0.181. The number of aromatic hydroxyl groups is 1. The molecule has 0 aromatic heterocycles. The molecule has 0 unspecified atom stereocenters. The van der Waals surface area contributed by atoms with Crippen molar-refractivity contribution in [1.29, 1.82) is 0 Å². The number of hydrogen-bond donors (Lipinski definition) is 1. The van der Waals surface area contributed by atoms with Crippen molar-refractivity contribution in [1.82, 2.24) is 0 Å². The fourth-order valence-electron chi connectivity index (χ4n) is 0.879. The van der Waals surface area contributed by atoms with Crippen LogP contribution in [0.5, 0.6) is 5.75 Å². The Bertz CT molecular complexity index is 364. The minimum absolute atomic E-state index is 0. The summed E-state index contributed by atoms with van der Waals surface area (Å²) in [6.45, 7) is -5.07. The van der Waals surface area contributed by atoms with Crippen molar-refractivity contribution in [2.45, 2.75) is 0 Å². The first-order chi connectivity index (χ1) is 6.40. The number of phenolic OH excluding ortho intramolecular Hbond substituents is 1. The molecule has 76 valence electrons. The van der Waals surface area contributed by atoms with Gasteiger partial charge in [-0.25, -0.2) is 4.39 Å². The standard InChI is InChI=1S/C8H6BF4O.K/c10-7-3-1-2-6(8(7)14)4-5-9(11,12)13;/h1-5,14H;/q-1;+1/b5-4+;. The van der Waals surface area contributed by atoms with Gasteiger partial charge in [-0.3, -0.25) is 0 Å². The summed E-state index contributed by atoms with van der Waals surface area (Å²) in [5.74, 6) is -1.72. The van der Waals surface area contributed by atoms with Gasteiger partial charge in [0, 0.05) is 5.56 Å². The molecule has 15 heavy (non-hydrogen) atoms. The van der Waals surface area contributed by atoms with E-state index in [0.717, 1.165) is 6.07 Å². The molecule has 0 heterocycles. The van der Waals surface area contributed by atoms with Crippen molar-refractivity contribution >= 4 is 13.1 Å². The normalized spacial score (nSPS) is 11.5. The molecule has 1 nitrogen and oxygen atoms in total. The van der Waals surface area contributed by atoms with Gasteiger partial charge in [-0.05, 0) is 6.07 Å². The summed E-state index contributed by atoms with van der Waals surface area (Å²) in [4.78, 5) is 0. The van der Waals surface area contributed by atoms with E-state index in [9.17, 15) is 17.3 Å². The second-order valence-corrected chi connectivity index (χ2v) is 2.66. The number of rotatable bonds is 2. The van der Waals surface area contributed by atoms with Crippen LogP contribution in [0.4, 0.5) is 17.3 Å². The molecule has 7 heteroatoms. The van der Waals surface area contributed by atoms with Gasteiger partial charge >= 0.3 is 58.4 Å². The van der Waals surface area contributed by atoms with Gasteiger partial charge < -0.3 is 18.1 Å². The first kappa shape index (κ1) is 15.2. The first-order valence-corrected chi connectivity index (χ1v) is 3.77. The van der Waals surface area contributed by atoms with Gasteiger partial charge in [-0.2, -0.15) is 0 Å². The van der Waals surface area contributed by atoms with E-state index in [0.29, 0.717) is 6.08 Å². The number of benzene rings is 1. The Morgan fingerprint density at radius 3 is 2.33 bits per heavy atom. The predicted octanol–water partition coefficient (Wildman–Crippen LogP) is -0.0649. The zero-order chi connectivity index (χ0) is 10.8. The molecular weight excluding hydrogens is 238 g/mol. The van der Waals surface area contributed by atoms with Crippen LogP contribution in [0.3, 0.4) is 0 Å². The smallest absolute Gasteiger partial charge is 0.504 e. The van der Waals surface area contributed by atoms with Gasteiger partial charge in [0.1, 0.15) is 0 Å². The van der Waals surface area contributed by atoms with E-state index in [2.05, 4.69) is 0 Å². The average molecular weight is 244 g/mol. The van der Waals surface area contributed by atoms with E-state index >= 15 is 0 Å². The second-order valence-electron chi connectivity index (χ2n) is 2.66. The summed E-state index contributed by atoms with van der Waals surface area (Å²) in [6, 6.07) is 3.38. The van der Waals surface area contributed by atoms with Crippen molar-refractivity contribution < 1.29 is 73.8 Å². The van der Waals surface area contributed by atoms with Crippen molar-refractivity contribution in [2.75, 3.05) is 0 Å². The van der Waals surface area contributed by atoms with E-state index in [-0.39, 0.29) is 62.9 Å². The fourth-order valence-corrected chi connectivity index (χ4v) is 0.879. The van der Waals surface area contributed by atoms with Crippen molar-refractivity contribution in [3.63, 3.8) is 0 Å². The molecule has 0 aliphatic rings. The SMILES string of the molecule is Oc1c(F)cccc1/C=C/[B-](F)(F)F.[K+]. The van der Waals surface area contributed by atoms with E-state index in [4.69, 9.17) is 5.11 Å². The molecule has 1 N–H and O–H groups in total. The molecule has 0 atom stereocenters. The fraction of sp³-hybridized carbons (Fsp3) is 0. The third-order valence-corrected chi connectivity index (χ3v) is 1.51. The summed E-state index contributed by atoms with van der Waals surface area (Å²) in [7, 11) is 0. The van der Waals surface area contributed by atoms with E-state index in [1.807, 2.05) is 0 Å². The Balaban J connectivity index is 0.00000196. The Labute approximate surface area is 127 Å². The van der Waals surface area contributed by atoms with Crippen LogP contribution in [0.1, 0.15) is 5.56 Å². The Morgan fingerprint density at radius 1 is 1.20 bits per heavy atom. The van der Waals surface area contributed by atoms with Crippen molar-refractivity contribution in [3.8, 4) is 5.75 Å².